The van der Waals surface area contributed by atoms with Gasteiger partial charge in [0.05, 0.1) is 11.0 Å². The van der Waals surface area contributed by atoms with E-state index in [1.807, 2.05) is 0 Å². The molecule has 1 aromatic heterocycles. The predicted molar refractivity (Wildman–Crippen MR) is 249 cm³/mol. The topological polar surface area (TPSA) is 17.8 Å². The summed E-state index contributed by atoms with van der Waals surface area (Å²) in [6, 6.07) is 83.1. The van der Waals surface area contributed by atoms with E-state index in [-0.39, 0.29) is 0 Å². The molecule has 10 aromatic carbocycles. The molecule has 1 heterocycles. The van der Waals surface area contributed by atoms with E-state index < -0.39 is 0 Å². The van der Waals surface area contributed by atoms with Crippen LogP contribution in [0.3, 0.4) is 0 Å². The molecule has 0 amide bonds. The number of aromatic nitrogens is 2. The lowest BCUT2D eigenvalue weighted by Crippen LogP contribution is -1.97. The third-order valence-corrected chi connectivity index (χ3v) is 11.6. The molecule has 11 rings (SSSR count). The highest BCUT2D eigenvalue weighted by Gasteiger charge is 2.22. The van der Waals surface area contributed by atoms with Crippen LogP contribution in [0, 0.1) is 0 Å². The molecule has 276 valence electrons. The molecule has 0 atom stereocenters. The Kier molecular flexibility index (Phi) is 8.52. The Morgan fingerprint density at radius 3 is 1.39 bits per heavy atom. The number of fused-ring (bicyclic) bond motifs is 3. The van der Waals surface area contributed by atoms with Gasteiger partial charge in [-0.3, -0.25) is 4.57 Å². The number of para-hydroxylation sites is 3. The van der Waals surface area contributed by atoms with Gasteiger partial charge in [0.1, 0.15) is 5.82 Å². The molecule has 0 fully saturated rings. The quantitative estimate of drug-likeness (QED) is 0.148. The highest BCUT2D eigenvalue weighted by Crippen LogP contribution is 2.48. The van der Waals surface area contributed by atoms with Crippen molar-refractivity contribution in [3.8, 4) is 72.7 Å². The monoisotopic (exact) mass is 750 g/mol. The Bertz CT molecular complexity index is 3310. The van der Waals surface area contributed by atoms with Crippen LogP contribution >= 0.6 is 0 Å². The summed E-state index contributed by atoms with van der Waals surface area (Å²) >= 11 is 0. The molecular formula is C57H38N2. The van der Waals surface area contributed by atoms with Gasteiger partial charge in [0.2, 0.25) is 0 Å². The first-order valence-corrected chi connectivity index (χ1v) is 20.2. The number of hydrogen-bond donors (Lipinski definition) is 0. The van der Waals surface area contributed by atoms with Crippen molar-refractivity contribution in [2.24, 2.45) is 0 Å². The van der Waals surface area contributed by atoms with E-state index in [1.54, 1.807) is 0 Å². The van der Waals surface area contributed by atoms with Crippen LogP contribution in [0.25, 0.3) is 105 Å². The fourth-order valence-electron chi connectivity index (χ4n) is 8.98. The zero-order valence-electron chi connectivity index (χ0n) is 32.3. The molecule has 0 spiro atoms. The van der Waals surface area contributed by atoms with Crippen molar-refractivity contribution >= 4 is 32.6 Å². The Labute approximate surface area is 344 Å². The molecule has 0 aliphatic rings. The second kappa shape index (κ2) is 14.6. The molecule has 0 saturated carbocycles. The van der Waals surface area contributed by atoms with Crippen LogP contribution in [-0.2, 0) is 0 Å². The second-order valence-corrected chi connectivity index (χ2v) is 15.1. The molecule has 11 aromatic rings. The minimum Gasteiger partial charge on any atom is -0.292 e. The van der Waals surface area contributed by atoms with Gasteiger partial charge >= 0.3 is 0 Å². The normalized spacial score (nSPS) is 11.4. The largest absolute Gasteiger partial charge is 0.292 e. The summed E-state index contributed by atoms with van der Waals surface area (Å²) in [6.07, 6.45) is 0. The zero-order valence-corrected chi connectivity index (χ0v) is 32.3. The van der Waals surface area contributed by atoms with E-state index in [1.165, 1.54) is 66.1 Å². The van der Waals surface area contributed by atoms with Crippen molar-refractivity contribution in [3.63, 3.8) is 0 Å². The lowest BCUT2D eigenvalue weighted by atomic mass is 9.81. The van der Waals surface area contributed by atoms with E-state index in [2.05, 4.69) is 235 Å². The van der Waals surface area contributed by atoms with E-state index in [0.29, 0.717) is 0 Å². The van der Waals surface area contributed by atoms with E-state index in [0.717, 1.165) is 39.2 Å². The summed E-state index contributed by atoms with van der Waals surface area (Å²) < 4.78 is 2.27. The maximum atomic E-state index is 5.21. The van der Waals surface area contributed by atoms with Gasteiger partial charge in [0.25, 0.3) is 0 Å². The summed E-state index contributed by atoms with van der Waals surface area (Å²) in [5.41, 5.74) is 16.2. The number of benzene rings is 10. The third kappa shape index (κ3) is 6.02. The van der Waals surface area contributed by atoms with E-state index >= 15 is 0 Å². The Morgan fingerprint density at radius 1 is 0.288 bits per heavy atom. The van der Waals surface area contributed by atoms with Crippen molar-refractivity contribution < 1.29 is 0 Å². The minimum atomic E-state index is 0.920. The van der Waals surface area contributed by atoms with Crippen molar-refractivity contribution in [1.82, 2.24) is 9.55 Å². The van der Waals surface area contributed by atoms with Crippen LogP contribution < -0.4 is 0 Å². The summed E-state index contributed by atoms with van der Waals surface area (Å²) in [6.45, 7) is 0. The minimum absolute atomic E-state index is 0.920. The first-order chi connectivity index (χ1) is 29.3. The fourth-order valence-corrected chi connectivity index (χ4v) is 8.98. The lowest BCUT2D eigenvalue weighted by molar-refractivity contribution is 1.10. The van der Waals surface area contributed by atoms with Gasteiger partial charge in [-0.15, -0.1) is 0 Å². The van der Waals surface area contributed by atoms with Crippen LogP contribution in [0.5, 0.6) is 0 Å². The number of imidazole rings is 1. The van der Waals surface area contributed by atoms with Crippen LogP contribution in [0.2, 0.25) is 0 Å². The highest BCUT2D eigenvalue weighted by atomic mass is 15.1. The zero-order chi connectivity index (χ0) is 39.1. The molecule has 0 unspecified atom stereocenters. The number of nitrogens with zero attached hydrogens (tertiary/aromatic N) is 2. The molecular weight excluding hydrogens is 713 g/mol. The van der Waals surface area contributed by atoms with Crippen LogP contribution in [0.1, 0.15) is 0 Å². The molecule has 0 N–H and O–H groups in total. The molecule has 59 heavy (non-hydrogen) atoms. The van der Waals surface area contributed by atoms with Crippen molar-refractivity contribution in [2.45, 2.75) is 0 Å². The molecule has 0 radical (unpaired) electrons. The molecule has 0 aliphatic heterocycles. The first-order valence-electron chi connectivity index (χ1n) is 20.2. The molecule has 0 aliphatic carbocycles. The van der Waals surface area contributed by atoms with E-state index in [9.17, 15) is 0 Å². The summed E-state index contributed by atoms with van der Waals surface area (Å²) in [7, 11) is 0. The lowest BCUT2D eigenvalue weighted by Gasteiger charge is -2.22. The van der Waals surface area contributed by atoms with Gasteiger partial charge in [-0.1, -0.05) is 194 Å². The summed E-state index contributed by atoms with van der Waals surface area (Å²) in [5, 5.41) is 4.89. The first kappa shape index (κ1) is 34.4. The van der Waals surface area contributed by atoms with Gasteiger partial charge in [0, 0.05) is 11.3 Å². The Hall–Kier alpha value is -7.81. The van der Waals surface area contributed by atoms with Gasteiger partial charge in [-0.2, -0.15) is 0 Å². The molecule has 2 nitrogen and oxygen atoms in total. The molecule has 0 saturated heterocycles. The van der Waals surface area contributed by atoms with Gasteiger partial charge in [-0.05, 0) is 114 Å². The number of rotatable bonds is 7. The standard InChI is InChI=1S/C57H38N2/c1-4-19-39(20-5-1)45-27-10-12-29-47(45)55-49-31-14-15-32-50(49)56(48-30-13-11-28-46(48)40-21-6-2-7-22-40)52-38-42(35-36-51(52)55)41-23-18-24-43(37-41)57-58-53-33-16-17-34-54(53)59(57)44-25-8-3-9-26-44/h1-38H. The number of hydrogen-bond acceptors (Lipinski definition) is 1. The predicted octanol–water partition coefficient (Wildman–Crippen LogP) is 15.3. The molecule has 2 heteroatoms. The maximum Gasteiger partial charge on any atom is 0.145 e. The van der Waals surface area contributed by atoms with Crippen LogP contribution in [0.4, 0.5) is 0 Å². The molecule has 0 bridgehead atoms. The van der Waals surface area contributed by atoms with Crippen molar-refractivity contribution in [1.29, 1.82) is 0 Å². The Balaban J connectivity index is 1.19. The van der Waals surface area contributed by atoms with Crippen molar-refractivity contribution in [2.75, 3.05) is 0 Å². The maximum absolute atomic E-state index is 5.21. The second-order valence-electron chi connectivity index (χ2n) is 15.1. The summed E-state index contributed by atoms with van der Waals surface area (Å²) in [4.78, 5) is 5.21. The van der Waals surface area contributed by atoms with Gasteiger partial charge in [0.15, 0.2) is 0 Å². The smallest absolute Gasteiger partial charge is 0.145 e. The fraction of sp³-hybridized carbons (Fsp3) is 0. The average molecular weight is 751 g/mol. The van der Waals surface area contributed by atoms with Gasteiger partial charge in [-0.25, -0.2) is 4.98 Å². The SMILES string of the molecule is c1ccc(-c2ccccc2-c2c3ccccc3c(-c3ccccc3-c3ccccc3)c3cc(-c4cccc(-c5nc6ccccc6n5-c5ccccc5)c4)ccc23)cc1. The van der Waals surface area contributed by atoms with Gasteiger partial charge < -0.3 is 0 Å². The van der Waals surface area contributed by atoms with Crippen LogP contribution in [0.15, 0.2) is 231 Å². The van der Waals surface area contributed by atoms with Crippen LogP contribution in [-0.4, -0.2) is 9.55 Å². The average Bonchev–Trinajstić information content (AvgIpc) is 3.71. The Morgan fingerprint density at radius 2 is 0.746 bits per heavy atom. The third-order valence-electron chi connectivity index (χ3n) is 11.6. The highest BCUT2D eigenvalue weighted by molar-refractivity contribution is 6.24. The van der Waals surface area contributed by atoms with E-state index in [4.69, 9.17) is 4.98 Å². The van der Waals surface area contributed by atoms with Crippen molar-refractivity contribution in [3.05, 3.63) is 231 Å². The summed E-state index contributed by atoms with van der Waals surface area (Å²) in [5.74, 6) is 0.920.